The molecule has 0 radical (unpaired) electrons. The largest absolute Gasteiger partial charge is 0.454 e. The van der Waals surface area contributed by atoms with Crippen molar-refractivity contribution in [1.82, 2.24) is 29.7 Å². The number of carbonyl (C=O) groups is 1. The molecule has 1 aliphatic heterocycles. The third kappa shape index (κ3) is 4.06. The summed E-state index contributed by atoms with van der Waals surface area (Å²) in [6, 6.07) is 12.0. The minimum atomic E-state index is -0.395. The molecule has 4 aromatic rings. The molecule has 1 aromatic carbocycles. The van der Waals surface area contributed by atoms with Crippen LogP contribution >= 0.6 is 11.8 Å². The fraction of sp³-hybridized carbons (Fsp3) is 0.414. The first kappa shape index (κ1) is 25.1. The maximum atomic E-state index is 13.5. The summed E-state index contributed by atoms with van der Waals surface area (Å²) < 4.78 is 12.9. The maximum absolute atomic E-state index is 13.5. The fourth-order valence-corrected chi connectivity index (χ4v) is 6.94. The molecule has 11 heteroatoms. The molecule has 1 amide bonds. The number of ether oxygens (including phenoxy) is 2. The first-order valence-corrected chi connectivity index (χ1v) is 14.8. The molecule has 0 spiro atoms. The van der Waals surface area contributed by atoms with Crippen LogP contribution in [0.1, 0.15) is 50.0 Å². The van der Waals surface area contributed by atoms with E-state index >= 15 is 0 Å². The number of aromatic amines is 1. The lowest BCUT2D eigenvalue weighted by atomic mass is 9.53. The number of nitrogens with zero attached hydrogens (tertiary/aromatic N) is 5. The van der Waals surface area contributed by atoms with Crippen molar-refractivity contribution in [3.05, 3.63) is 47.9 Å². The monoisotopic (exact) mass is 557 g/mol. The van der Waals surface area contributed by atoms with Crippen molar-refractivity contribution in [2.24, 2.45) is 12.5 Å². The summed E-state index contributed by atoms with van der Waals surface area (Å²) in [5, 5.41) is 8.15. The van der Waals surface area contributed by atoms with Crippen LogP contribution < -0.4 is 14.8 Å². The second-order valence-corrected chi connectivity index (χ2v) is 11.9. The molecule has 3 saturated carbocycles. The third-order valence-corrected chi connectivity index (χ3v) is 9.58. The zero-order chi connectivity index (χ0) is 27.5. The molecule has 8 rings (SSSR count). The number of hydrogen-bond donors (Lipinski definition) is 2. The average molecular weight is 558 g/mol. The van der Waals surface area contributed by atoms with E-state index < -0.39 is 5.41 Å². The third-order valence-electron chi connectivity index (χ3n) is 8.86. The van der Waals surface area contributed by atoms with Crippen LogP contribution in [0.25, 0.3) is 22.6 Å². The number of nitrogens with one attached hydrogen (secondary N) is 2. The summed E-state index contributed by atoms with van der Waals surface area (Å²) in [7, 11) is 1.84. The molecule has 0 saturated heterocycles. The number of pyridine rings is 1. The lowest BCUT2D eigenvalue weighted by molar-refractivity contribution is -0.132. The van der Waals surface area contributed by atoms with E-state index in [2.05, 4.69) is 20.4 Å². The molecule has 4 heterocycles. The van der Waals surface area contributed by atoms with Crippen LogP contribution in [0.2, 0.25) is 0 Å². The van der Waals surface area contributed by atoms with Gasteiger partial charge in [-0.2, -0.15) is 4.98 Å². The summed E-state index contributed by atoms with van der Waals surface area (Å²) in [5.74, 6) is 2.85. The number of aromatic nitrogens is 6. The lowest BCUT2D eigenvalue weighted by Crippen LogP contribution is -2.50. The number of H-pyrrole nitrogens is 1. The summed E-state index contributed by atoms with van der Waals surface area (Å²) in [6.45, 7) is 2.22. The Labute approximate surface area is 236 Å². The van der Waals surface area contributed by atoms with Crippen molar-refractivity contribution in [3.8, 4) is 34.1 Å². The molecule has 40 heavy (non-hydrogen) atoms. The van der Waals surface area contributed by atoms with Gasteiger partial charge < -0.3 is 14.5 Å². The van der Waals surface area contributed by atoms with Gasteiger partial charge in [-0.3, -0.25) is 15.1 Å². The zero-order valence-electron chi connectivity index (χ0n) is 22.8. The van der Waals surface area contributed by atoms with E-state index in [4.69, 9.17) is 19.4 Å². The van der Waals surface area contributed by atoms with Gasteiger partial charge in [-0.05, 0) is 82.0 Å². The second kappa shape index (κ2) is 9.36. The number of hydrogen-bond acceptors (Lipinski definition) is 8. The molecular weight excluding hydrogens is 526 g/mol. The van der Waals surface area contributed by atoms with E-state index in [9.17, 15) is 4.79 Å². The van der Waals surface area contributed by atoms with Crippen molar-refractivity contribution in [2.45, 2.75) is 56.0 Å². The van der Waals surface area contributed by atoms with Gasteiger partial charge in [0.05, 0.1) is 17.1 Å². The van der Waals surface area contributed by atoms with Gasteiger partial charge in [0.25, 0.3) is 0 Å². The summed E-state index contributed by atoms with van der Waals surface area (Å²) >= 11 is 1.50. The first-order chi connectivity index (χ1) is 19.4. The Hall–Kier alpha value is -3.86. The minimum absolute atomic E-state index is 0.0317. The number of imidazole rings is 1. The SMILES string of the molecule is CSc1nc(NC(=O)C23CCC(c4nc(-c5ccc6c(c5)OCO6)c(-c5cccc(C)n5)[nH]4)(CC2)CC3)nn1C. The molecule has 0 atom stereocenters. The van der Waals surface area contributed by atoms with Gasteiger partial charge in [0.2, 0.25) is 18.6 Å². The number of rotatable bonds is 6. The van der Waals surface area contributed by atoms with E-state index in [0.29, 0.717) is 5.95 Å². The van der Waals surface area contributed by atoms with Crippen LogP contribution in [0.15, 0.2) is 41.6 Å². The Morgan fingerprint density at radius 3 is 2.52 bits per heavy atom. The molecular formula is C29H31N7O3S. The molecule has 206 valence electrons. The highest BCUT2D eigenvalue weighted by Gasteiger charge is 2.54. The first-order valence-electron chi connectivity index (χ1n) is 13.6. The predicted octanol–water partition coefficient (Wildman–Crippen LogP) is 5.26. The van der Waals surface area contributed by atoms with E-state index in [1.165, 1.54) is 11.8 Å². The topological polar surface area (TPSA) is 120 Å². The highest BCUT2D eigenvalue weighted by molar-refractivity contribution is 7.98. The Morgan fingerprint density at radius 2 is 1.80 bits per heavy atom. The number of aryl methyl sites for hydroxylation is 2. The molecule has 0 unspecified atom stereocenters. The quantitative estimate of drug-likeness (QED) is 0.308. The van der Waals surface area contributed by atoms with Crippen molar-refractivity contribution in [1.29, 1.82) is 0 Å². The lowest BCUT2D eigenvalue weighted by Gasteiger charge is -2.51. The van der Waals surface area contributed by atoms with E-state index in [-0.39, 0.29) is 18.1 Å². The van der Waals surface area contributed by atoms with Gasteiger partial charge >= 0.3 is 0 Å². The van der Waals surface area contributed by atoms with Crippen molar-refractivity contribution >= 4 is 23.6 Å². The van der Waals surface area contributed by atoms with E-state index in [1.54, 1.807) is 4.68 Å². The molecule has 3 aromatic heterocycles. The number of amides is 1. The van der Waals surface area contributed by atoms with Crippen LogP contribution in [-0.4, -0.2) is 48.7 Å². The Bertz CT molecular complexity index is 1600. The predicted molar refractivity (Wildman–Crippen MR) is 151 cm³/mol. The van der Waals surface area contributed by atoms with Gasteiger partial charge in [-0.15, -0.1) is 5.10 Å². The molecule has 2 N–H and O–H groups in total. The Morgan fingerprint density at radius 1 is 1.02 bits per heavy atom. The highest BCUT2D eigenvalue weighted by atomic mass is 32.2. The van der Waals surface area contributed by atoms with Crippen molar-refractivity contribution < 1.29 is 14.3 Å². The molecule has 10 nitrogen and oxygen atoms in total. The van der Waals surface area contributed by atoms with Crippen LogP contribution in [0, 0.1) is 12.3 Å². The van der Waals surface area contributed by atoms with Crippen LogP contribution in [-0.2, 0) is 17.3 Å². The van der Waals surface area contributed by atoms with Gasteiger partial charge in [-0.25, -0.2) is 9.67 Å². The number of carbonyl (C=O) groups excluding carboxylic acids is 1. The van der Waals surface area contributed by atoms with Crippen LogP contribution in [0.5, 0.6) is 11.5 Å². The fourth-order valence-electron chi connectivity index (χ4n) is 6.46. The van der Waals surface area contributed by atoms with Crippen molar-refractivity contribution in [3.63, 3.8) is 0 Å². The van der Waals surface area contributed by atoms with Crippen molar-refractivity contribution in [2.75, 3.05) is 18.4 Å². The Kier molecular flexibility index (Phi) is 5.88. The molecule has 3 aliphatic carbocycles. The van der Waals surface area contributed by atoms with Crippen LogP contribution in [0.4, 0.5) is 5.95 Å². The average Bonchev–Trinajstić information content (AvgIpc) is 3.72. The smallest absolute Gasteiger partial charge is 0.249 e. The summed E-state index contributed by atoms with van der Waals surface area (Å²) in [4.78, 5) is 31.7. The number of thioether (sulfide) groups is 1. The number of fused-ring (bicyclic) bond motifs is 4. The zero-order valence-corrected chi connectivity index (χ0v) is 23.6. The maximum Gasteiger partial charge on any atom is 0.249 e. The molecule has 2 bridgehead atoms. The van der Waals surface area contributed by atoms with Gasteiger partial charge in [-0.1, -0.05) is 17.8 Å². The van der Waals surface area contributed by atoms with E-state index in [0.717, 1.165) is 89.3 Å². The molecule has 4 aliphatic rings. The van der Waals surface area contributed by atoms with Crippen LogP contribution in [0.3, 0.4) is 0 Å². The highest BCUT2D eigenvalue weighted by Crippen LogP contribution is 2.58. The van der Waals surface area contributed by atoms with Gasteiger partial charge in [0.15, 0.2) is 16.7 Å². The van der Waals surface area contributed by atoms with Gasteiger partial charge in [0.1, 0.15) is 5.82 Å². The molecule has 3 fully saturated rings. The normalized spacial score (nSPS) is 23.0. The standard InChI is InChI=1S/C29H31N7O3S/c1-17-5-4-6-19(30-17)23-22(18-7-8-20-21(15-18)39-16-38-20)31-24(32-23)28-9-12-29(13-10-28,14-11-28)25(37)33-26-34-27(40-3)36(2)35-26/h4-8,15H,9-14,16H2,1-3H3,(H,31,32)(H,33,35,37). The van der Waals surface area contributed by atoms with Gasteiger partial charge in [0, 0.05) is 29.1 Å². The Balaban J connectivity index is 1.19. The summed E-state index contributed by atoms with van der Waals surface area (Å²) in [6.07, 6.45) is 7.03. The van der Waals surface area contributed by atoms with E-state index in [1.807, 2.05) is 56.6 Å². The minimum Gasteiger partial charge on any atom is -0.454 e. The second-order valence-electron chi connectivity index (χ2n) is 11.1. The number of benzene rings is 1. The summed E-state index contributed by atoms with van der Waals surface area (Å²) in [5.41, 5.74) is 4.01. The number of anilines is 1.